The van der Waals surface area contributed by atoms with Gasteiger partial charge in [-0.05, 0) is 39.7 Å². The van der Waals surface area contributed by atoms with Gasteiger partial charge in [-0.3, -0.25) is 4.79 Å². The summed E-state index contributed by atoms with van der Waals surface area (Å²) >= 11 is 0. The Balaban J connectivity index is 0.00000160. The van der Waals surface area contributed by atoms with Gasteiger partial charge in [0.25, 0.3) is 5.91 Å². The molecule has 1 unspecified atom stereocenters. The van der Waals surface area contributed by atoms with Crippen LogP contribution in [0, 0.1) is 11.3 Å². The highest BCUT2D eigenvalue weighted by molar-refractivity contribution is 5.99. The van der Waals surface area contributed by atoms with Gasteiger partial charge in [-0.2, -0.15) is 15.0 Å². The van der Waals surface area contributed by atoms with Crippen LogP contribution in [0.25, 0.3) is 16.9 Å². The molecule has 16 heteroatoms. The van der Waals surface area contributed by atoms with Crippen molar-refractivity contribution in [3.63, 3.8) is 0 Å². The summed E-state index contributed by atoms with van der Waals surface area (Å²) in [5.74, 6) is -0.0236. The number of nitriles is 1. The Kier molecular flexibility index (Phi) is 17.6. The fourth-order valence-corrected chi connectivity index (χ4v) is 4.23. The van der Waals surface area contributed by atoms with Gasteiger partial charge in [0.15, 0.2) is 11.5 Å². The van der Waals surface area contributed by atoms with Gasteiger partial charge >= 0.3 is 0 Å². The average molecular weight is 702 g/mol. The van der Waals surface area contributed by atoms with E-state index in [1.807, 2.05) is 6.92 Å². The molecule has 50 heavy (non-hydrogen) atoms. The van der Waals surface area contributed by atoms with Crippen molar-refractivity contribution in [3.05, 3.63) is 41.9 Å². The lowest BCUT2D eigenvalue weighted by molar-refractivity contribution is -0.112. The minimum Gasteiger partial charge on any atom is -0.385 e. The van der Waals surface area contributed by atoms with Crippen LogP contribution in [0.15, 0.2) is 30.7 Å². The molecular weight excluding hydrogens is 653 g/mol. The van der Waals surface area contributed by atoms with Gasteiger partial charge in [0, 0.05) is 43.6 Å². The van der Waals surface area contributed by atoms with Crippen LogP contribution in [-0.2, 0) is 33.2 Å². The monoisotopic (exact) mass is 701 g/mol. The molecule has 15 nitrogen and oxygen atoms in total. The number of alkyl halides is 1. The molecule has 1 amide bonds. The van der Waals surface area contributed by atoms with Gasteiger partial charge in [0.2, 0.25) is 0 Å². The van der Waals surface area contributed by atoms with Crippen molar-refractivity contribution >= 4 is 28.9 Å². The number of hydrogen-bond donors (Lipinski definition) is 2. The molecule has 0 bridgehead atoms. The van der Waals surface area contributed by atoms with Crippen LogP contribution in [0.1, 0.15) is 49.5 Å². The summed E-state index contributed by atoms with van der Waals surface area (Å²) < 4.78 is 48.1. The maximum Gasteiger partial charge on any atom is 0.255 e. The third-order valence-electron chi connectivity index (χ3n) is 7.31. The van der Waals surface area contributed by atoms with E-state index in [9.17, 15) is 9.59 Å². The lowest BCUT2D eigenvalue weighted by Crippen LogP contribution is -2.44. The van der Waals surface area contributed by atoms with E-state index in [0.29, 0.717) is 74.0 Å². The number of hydrogen-bond acceptors (Lipinski definition) is 13. The summed E-state index contributed by atoms with van der Waals surface area (Å²) in [6.45, 7) is 8.51. The normalized spacial score (nSPS) is 13.3. The van der Waals surface area contributed by atoms with Crippen molar-refractivity contribution in [1.29, 1.82) is 5.26 Å². The minimum absolute atomic E-state index is 0.0613. The third-order valence-corrected chi connectivity index (χ3v) is 7.31. The molecule has 1 aliphatic rings. The second kappa shape index (κ2) is 21.9. The molecule has 3 heterocycles. The van der Waals surface area contributed by atoms with Gasteiger partial charge in [-0.15, -0.1) is 0 Å². The van der Waals surface area contributed by atoms with Crippen LogP contribution in [0.2, 0.25) is 0 Å². The molecule has 3 aromatic heterocycles. The zero-order chi connectivity index (χ0) is 36.2. The number of aldehydes is 1. The Bertz CT molecular complexity index is 1510. The number of halogens is 1. The van der Waals surface area contributed by atoms with Crippen LogP contribution in [0.4, 0.5) is 10.1 Å². The smallest absolute Gasteiger partial charge is 0.255 e. The number of rotatable bonds is 23. The summed E-state index contributed by atoms with van der Waals surface area (Å²) in [7, 11) is 1.68. The number of pyridine rings is 2. The van der Waals surface area contributed by atoms with Crippen molar-refractivity contribution in [2.24, 2.45) is 0 Å². The maximum absolute atomic E-state index is 15.2. The number of nitrogens with one attached hydrogen (secondary N) is 2. The highest BCUT2D eigenvalue weighted by atomic mass is 19.1. The number of carbonyl (C=O) groups is 2. The van der Waals surface area contributed by atoms with E-state index in [0.717, 1.165) is 19.4 Å². The van der Waals surface area contributed by atoms with Crippen LogP contribution in [-0.4, -0.2) is 129 Å². The molecule has 0 aromatic carbocycles. The standard InChI is InChI=1S/C31H40FN7O7.C3H8O/c1-31(2,46-14-13-45-12-11-44-10-9-43-8-7-42-6-5-40)27(32)21-36-30(41)25-20-34-28(16-26(25)38-24-3-4-24)39-29-23(19-37-39)15-22(17-33)18-35-29;1-3-4-2/h5,15-16,18-20,24,27H,3-4,6-14,21H2,1-2H3,(H,34,38)(H,36,41);3H2,1-2H3. The van der Waals surface area contributed by atoms with E-state index in [-0.39, 0.29) is 38.0 Å². The summed E-state index contributed by atoms with van der Waals surface area (Å²) in [4.78, 5) is 32.1. The largest absolute Gasteiger partial charge is 0.385 e. The van der Waals surface area contributed by atoms with Crippen molar-refractivity contribution in [3.8, 4) is 11.9 Å². The van der Waals surface area contributed by atoms with E-state index in [2.05, 4.69) is 36.5 Å². The first kappa shape index (κ1) is 40.3. The molecule has 1 atom stereocenters. The quantitative estimate of drug-likeness (QED) is 0.109. The number of nitrogens with zero attached hydrogens (tertiary/aromatic N) is 5. The first-order valence-corrected chi connectivity index (χ1v) is 16.5. The Hall–Kier alpha value is -4.11. The van der Waals surface area contributed by atoms with Crippen LogP contribution < -0.4 is 10.6 Å². The molecule has 0 aliphatic heterocycles. The van der Waals surface area contributed by atoms with Crippen LogP contribution >= 0.6 is 0 Å². The van der Waals surface area contributed by atoms with Crippen molar-refractivity contribution < 1.29 is 42.4 Å². The van der Waals surface area contributed by atoms with Gasteiger partial charge in [0.05, 0.1) is 88.0 Å². The van der Waals surface area contributed by atoms with Crippen molar-refractivity contribution in [2.75, 3.05) is 85.0 Å². The van der Waals surface area contributed by atoms with E-state index in [4.69, 9.17) is 28.9 Å². The Morgan fingerprint density at radius 3 is 2.28 bits per heavy atom. The van der Waals surface area contributed by atoms with Crippen molar-refractivity contribution in [1.82, 2.24) is 25.1 Å². The molecule has 4 rings (SSSR count). The highest BCUT2D eigenvalue weighted by Crippen LogP contribution is 2.28. The zero-order valence-electron chi connectivity index (χ0n) is 29.2. The Morgan fingerprint density at radius 2 is 1.68 bits per heavy atom. The second-order valence-electron chi connectivity index (χ2n) is 11.6. The molecule has 2 N–H and O–H groups in total. The number of amides is 1. The fraction of sp³-hybridized carbons (Fsp3) is 0.588. The summed E-state index contributed by atoms with van der Waals surface area (Å²) in [6.07, 6.45) is 5.65. The molecule has 274 valence electrons. The van der Waals surface area contributed by atoms with E-state index < -0.39 is 17.7 Å². The van der Waals surface area contributed by atoms with Gasteiger partial charge in [-0.25, -0.2) is 14.4 Å². The van der Waals surface area contributed by atoms with Crippen LogP contribution in [0.3, 0.4) is 0 Å². The topological polar surface area (TPSA) is 181 Å². The third kappa shape index (κ3) is 13.7. The number of ether oxygens (including phenoxy) is 6. The molecule has 3 aromatic rings. The molecule has 0 radical (unpaired) electrons. The summed E-state index contributed by atoms with van der Waals surface area (Å²) in [6, 6.07) is 5.71. The predicted molar refractivity (Wildman–Crippen MR) is 182 cm³/mol. The maximum atomic E-state index is 15.2. The predicted octanol–water partition coefficient (Wildman–Crippen LogP) is 3.04. The van der Waals surface area contributed by atoms with E-state index in [1.54, 1.807) is 44.0 Å². The number of anilines is 1. The lowest BCUT2D eigenvalue weighted by Gasteiger charge is -2.29. The minimum atomic E-state index is -1.49. The summed E-state index contributed by atoms with van der Waals surface area (Å²) in [5, 5.41) is 20.2. The second-order valence-corrected chi connectivity index (χ2v) is 11.6. The number of carbonyl (C=O) groups excluding carboxylic acids is 2. The van der Waals surface area contributed by atoms with Crippen molar-refractivity contribution in [2.45, 2.75) is 51.4 Å². The van der Waals surface area contributed by atoms with Crippen LogP contribution in [0.5, 0.6) is 0 Å². The molecule has 1 aliphatic carbocycles. The first-order chi connectivity index (χ1) is 24.2. The molecular formula is C34H48FN7O8. The lowest BCUT2D eigenvalue weighted by atomic mass is 10.0. The van der Waals surface area contributed by atoms with Gasteiger partial charge < -0.3 is 43.8 Å². The Labute approximate surface area is 291 Å². The number of aromatic nitrogens is 4. The van der Waals surface area contributed by atoms with Gasteiger partial charge in [-0.1, -0.05) is 0 Å². The molecule has 1 saturated carbocycles. The SMILES string of the molecule is CC(C)(OCCOCCOCCOCCOCC=O)C(F)CNC(=O)c1cnc(-n2ncc3cc(C#N)cnc32)cc1NC1CC1.CCOC. The van der Waals surface area contributed by atoms with E-state index >= 15 is 4.39 Å². The summed E-state index contributed by atoms with van der Waals surface area (Å²) in [5.41, 5.74) is 0.620. The molecule has 0 spiro atoms. The fourth-order valence-electron chi connectivity index (χ4n) is 4.23. The number of fused-ring (bicyclic) bond motifs is 1. The highest BCUT2D eigenvalue weighted by Gasteiger charge is 2.31. The zero-order valence-corrected chi connectivity index (χ0v) is 29.2. The molecule has 0 saturated heterocycles. The van der Waals surface area contributed by atoms with E-state index in [1.165, 1.54) is 12.4 Å². The number of methoxy groups -OCH3 is 1. The molecule has 1 fully saturated rings. The Morgan fingerprint density at radius 1 is 1.04 bits per heavy atom. The van der Waals surface area contributed by atoms with Gasteiger partial charge in [0.1, 0.15) is 25.1 Å². The average Bonchev–Trinajstić information content (AvgIpc) is 3.85. The first-order valence-electron chi connectivity index (χ1n) is 16.5.